The average molecular weight is 414 g/mol. The van der Waals surface area contributed by atoms with E-state index in [0.717, 1.165) is 12.8 Å². The molecule has 0 aromatic carbocycles. The molecule has 1 fully saturated rings. The monoisotopic (exact) mass is 413 g/mol. The number of rotatable bonds is 19. The van der Waals surface area contributed by atoms with Gasteiger partial charge in [0.2, 0.25) is 0 Å². The highest BCUT2D eigenvalue weighted by molar-refractivity contribution is 5.67. The molecule has 0 aromatic rings. The van der Waals surface area contributed by atoms with E-state index < -0.39 is 18.4 Å². The molecule has 6 heteroatoms. The van der Waals surface area contributed by atoms with Crippen LogP contribution in [0.4, 0.5) is 9.59 Å². The van der Waals surface area contributed by atoms with Gasteiger partial charge in [-0.25, -0.2) is 9.59 Å². The third-order valence-corrected chi connectivity index (χ3v) is 5.35. The zero-order valence-corrected chi connectivity index (χ0v) is 18.6. The summed E-state index contributed by atoms with van der Waals surface area (Å²) in [5, 5.41) is 2.72. The molecule has 1 saturated heterocycles. The molecule has 170 valence electrons. The van der Waals surface area contributed by atoms with E-state index in [2.05, 4.69) is 17.0 Å². The van der Waals surface area contributed by atoms with E-state index in [1.165, 1.54) is 89.9 Å². The van der Waals surface area contributed by atoms with Crippen molar-refractivity contribution in [3.8, 4) is 0 Å². The maximum Gasteiger partial charge on any atom is 0.508 e. The van der Waals surface area contributed by atoms with Crippen molar-refractivity contribution in [3.05, 3.63) is 0 Å². The third-order valence-electron chi connectivity index (χ3n) is 5.35. The molecule has 6 nitrogen and oxygen atoms in total. The molecule has 0 saturated carbocycles. The summed E-state index contributed by atoms with van der Waals surface area (Å²) >= 11 is 0. The molecule has 1 aliphatic rings. The van der Waals surface area contributed by atoms with Gasteiger partial charge in [0.15, 0.2) is 6.10 Å². The summed E-state index contributed by atoms with van der Waals surface area (Å²) in [7, 11) is 0. The number of unbranched alkanes of at least 4 members (excludes halogenated alkanes) is 15. The van der Waals surface area contributed by atoms with Gasteiger partial charge >= 0.3 is 12.2 Å². The van der Waals surface area contributed by atoms with Crippen LogP contribution in [0.25, 0.3) is 0 Å². The van der Waals surface area contributed by atoms with Gasteiger partial charge in [-0.1, -0.05) is 103 Å². The largest absolute Gasteiger partial charge is 0.508 e. The molecule has 1 amide bonds. The van der Waals surface area contributed by atoms with E-state index >= 15 is 0 Å². The van der Waals surface area contributed by atoms with Crippen molar-refractivity contribution < 1.29 is 23.8 Å². The number of carbonyl (C=O) groups is 2. The topological polar surface area (TPSA) is 73.9 Å². The van der Waals surface area contributed by atoms with Crippen LogP contribution in [-0.4, -0.2) is 38.1 Å². The van der Waals surface area contributed by atoms with Crippen LogP contribution in [-0.2, 0) is 14.2 Å². The predicted molar refractivity (Wildman–Crippen MR) is 115 cm³/mol. The van der Waals surface area contributed by atoms with Gasteiger partial charge in [0.1, 0.15) is 13.2 Å². The summed E-state index contributed by atoms with van der Waals surface area (Å²) in [6.07, 6.45) is 19.7. The second-order valence-electron chi connectivity index (χ2n) is 8.13. The van der Waals surface area contributed by atoms with Crippen LogP contribution in [0.2, 0.25) is 0 Å². The van der Waals surface area contributed by atoms with E-state index in [1.807, 2.05) is 0 Å². The number of alkyl carbamates (subject to hydrolysis) is 1. The fourth-order valence-corrected chi connectivity index (χ4v) is 3.53. The molecule has 29 heavy (non-hydrogen) atoms. The molecular weight excluding hydrogens is 370 g/mol. The Labute approximate surface area is 177 Å². The summed E-state index contributed by atoms with van der Waals surface area (Å²) in [4.78, 5) is 22.3. The highest BCUT2D eigenvalue weighted by atomic mass is 16.8. The Hall–Kier alpha value is -1.46. The fraction of sp³-hybridized carbons (Fsp3) is 0.913. The van der Waals surface area contributed by atoms with Gasteiger partial charge in [0.05, 0.1) is 0 Å². The van der Waals surface area contributed by atoms with E-state index in [0.29, 0.717) is 6.54 Å². The number of ether oxygens (including phenoxy) is 3. The number of hydrogen-bond donors (Lipinski definition) is 1. The Bertz CT molecular complexity index is 416. The van der Waals surface area contributed by atoms with Crippen molar-refractivity contribution in [1.82, 2.24) is 5.32 Å². The lowest BCUT2D eigenvalue weighted by Gasteiger charge is -2.09. The van der Waals surface area contributed by atoms with Gasteiger partial charge in [0.25, 0.3) is 0 Å². The maximum absolute atomic E-state index is 11.5. The first-order chi connectivity index (χ1) is 14.2. The van der Waals surface area contributed by atoms with E-state index in [1.54, 1.807) is 0 Å². The molecule has 0 radical (unpaired) electrons. The zero-order chi connectivity index (χ0) is 21.0. The number of carbonyl (C=O) groups excluding carboxylic acids is 2. The summed E-state index contributed by atoms with van der Waals surface area (Å²) in [5.74, 6) is 0. The van der Waals surface area contributed by atoms with Gasteiger partial charge in [-0.15, -0.1) is 0 Å². The zero-order valence-electron chi connectivity index (χ0n) is 18.6. The van der Waals surface area contributed by atoms with Crippen molar-refractivity contribution >= 4 is 12.2 Å². The number of amides is 1. The second-order valence-corrected chi connectivity index (χ2v) is 8.13. The van der Waals surface area contributed by atoms with Crippen molar-refractivity contribution in [2.75, 3.05) is 19.8 Å². The maximum atomic E-state index is 11.5. The number of cyclic esters (lactones) is 2. The van der Waals surface area contributed by atoms with Crippen LogP contribution in [0.1, 0.15) is 110 Å². The summed E-state index contributed by atoms with van der Waals surface area (Å²) in [6, 6.07) is 0. The van der Waals surface area contributed by atoms with Crippen molar-refractivity contribution in [2.24, 2.45) is 0 Å². The van der Waals surface area contributed by atoms with Crippen LogP contribution in [0.3, 0.4) is 0 Å². The average Bonchev–Trinajstić information content (AvgIpc) is 3.14. The Morgan fingerprint density at radius 1 is 0.862 bits per heavy atom. The molecule has 0 bridgehead atoms. The lowest BCUT2D eigenvalue weighted by Crippen LogP contribution is -2.29. The van der Waals surface area contributed by atoms with Crippen molar-refractivity contribution in [1.29, 1.82) is 0 Å². The molecule has 1 aliphatic heterocycles. The summed E-state index contributed by atoms with van der Waals surface area (Å²) < 4.78 is 14.4. The van der Waals surface area contributed by atoms with Gasteiger partial charge in [-0.2, -0.15) is 0 Å². The SMILES string of the molecule is CCCCCCCCCCCCCCCCCCNC(=O)OCC1COC(=O)O1. The highest BCUT2D eigenvalue weighted by Gasteiger charge is 2.26. The van der Waals surface area contributed by atoms with Gasteiger partial charge in [-0.3, -0.25) is 0 Å². The Morgan fingerprint density at radius 2 is 1.34 bits per heavy atom. The lowest BCUT2D eigenvalue weighted by molar-refractivity contribution is 0.0727. The van der Waals surface area contributed by atoms with Crippen molar-refractivity contribution in [3.63, 3.8) is 0 Å². The molecule has 0 aromatic heterocycles. The molecule has 1 atom stereocenters. The Kier molecular flexibility index (Phi) is 16.4. The van der Waals surface area contributed by atoms with Gasteiger partial charge in [0, 0.05) is 6.54 Å². The first-order valence-electron chi connectivity index (χ1n) is 12.0. The Balaban J connectivity index is 1.71. The minimum Gasteiger partial charge on any atom is -0.445 e. The van der Waals surface area contributed by atoms with Crippen LogP contribution < -0.4 is 5.32 Å². The van der Waals surface area contributed by atoms with Crippen LogP contribution in [0, 0.1) is 0 Å². The van der Waals surface area contributed by atoms with Gasteiger partial charge < -0.3 is 19.5 Å². The molecule has 1 rings (SSSR count). The first kappa shape index (κ1) is 25.6. The van der Waals surface area contributed by atoms with Crippen LogP contribution >= 0.6 is 0 Å². The normalized spacial score (nSPS) is 15.8. The number of hydrogen-bond acceptors (Lipinski definition) is 5. The smallest absolute Gasteiger partial charge is 0.445 e. The quantitative estimate of drug-likeness (QED) is 0.193. The molecular formula is C23H43NO5. The van der Waals surface area contributed by atoms with E-state index in [-0.39, 0.29) is 13.2 Å². The first-order valence-corrected chi connectivity index (χ1v) is 12.0. The molecule has 1 heterocycles. The summed E-state index contributed by atoms with van der Waals surface area (Å²) in [6.45, 7) is 3.08. The molecule has 1 N–H and O–H groups in total. The minimum absolute atomic E-state index is 0.0382. The predicted octanol–water partition coefficient (Wildman–Crippen LogP) is 6.51. The molecule has 1 unspecified atom stereocenters. The van der Waals surface area contributed by atoms with Crippen LogP contribution in [0.15, 0.2) is 0 Å². The van der Waals surface area contributed by atoms with Crippen molar-refractivity contribution in [2.45, 2.75) is 116 Å². The molecule has 0 aliphatic carbocycles. The summed E-state index contributed by atoms with van der Waals surface area (Å²) in [5.41, 5.74) is 0. The highest BCUT2D eigenvalue weighted by Crippen LogP contribution is 2.13. The van der Waals surface area contributed by atoms with E-state index in [4.69, 9.17) is 9.47 Å². The van der Waals surface area contributed by atoms with Crippen LogP contribution in [0.5, 0.6) is 0 Å². The number of nitrogens with one attached hydrogen (secondary N) is 1. The fourth-order valence-electron chi connectivity index (χ4n) is 3.53. The second kappa shape index (κ2) is 18.6. The lowest BCUT2D eigenvalue weighted by atomic mass is 10.0. The minimum atomic E-state index is -0.702. The standard InChI is InChI=1S/C23H43NO5/c1-2-3-4-5-6-7-8-9-10-11-12-13-14-15-16-17-18-24-22(25)27-19-21-20-28-23(26)29-21/h21H,2-20H2,1H3,(H,24,25). The van der Waals surface area contributed by atoms with E-state index in [9.17, 15) is 9.59 Å². The van der Waals surface area contributed by atoms with Gasteiger partial charge in [-0.05, 0) is 6.42 Å². The molecule has 0 spiro atoms. The Morgan fingerprint density at radius 3 is 1.79 bits per heavy atom. The third kappa shape index (κ3) is 16.1.